The lowest BCUT2D eigenvalue weighted by atomic mass is 10.1. The van der Waals surface area contributed by atoms with Crippen molar-refractivity contribution >= 4 is 22.6 Å². The molecule has 22 heavy (non-hydrogen) atoms. The number of aromatic nitrogens is 1. The van der Waals surface area contributed by atoms with Gasteiger partial charge in [0.25, 0.3) is 0 Å². The molecular weight excluding hydrogens is 285 g/mol. The van der Waals surface area contributed by atoms with E-state index in [4.69, 9.17) is 4.74 Å². The summed E-state index contributed by atoms with van der Waals surface area (Å²) in [5.74, 6) is -0.763. The van der Waals surface area contributed by atoms with E-state index in [9.17, 15) is 9.18 Å². The number of nitrogens with one attached hydrogen (secondary N) is 1. The van der Waals surface area contributed by atoms with Gasteiger partial charge in [-0.05, 0) is 25.1 Å². The Morgan fingerprint density at radius 2 is 2.18 bits per heavy atom. The largest absolute Gasteiger partial charge is 0.462 e. The minimum absolute atomic E-state index is 0.293. The molecule has 0 unspecified atom stereocenters. The lowest BCUT2D eigenvalue weighted by Crippen LogP contribution is -2.44. The van der Waals surface area contributed by atoms with E-state index in [2.05, 4.69) is 15.2 Å². The highest BCUT2D eigenvalue weighted by atomic mass is 19.1. The first-order chi connectivity index (χ1) is 10.7. The van der Waals surface area contributed by atoms with Crippen molar-refractivity contribution < 1.29 is 13.9 Å². The van der Waals surface area contributed by atoms with E-state index in [0.717, 1.165) is 26.2 Å². The highest BCUT2D eigenvalue weighted by Gasteiger charge is 2.22. The van der Waals surface area contributed by atoms with Gasteiger partial charge in [-0.25, -0.2) is 9.18 Å². The van der Waals surface area contributed by atoms with Crippen LogP contribution in [0.2, 0.25) is 0 Å². The van der Waals surface area contributed by atoms with Crippen molar-refractivity contribution in [1.29, 1.82) is 0 Å². The maximum absolute atomic E-state index is 13.7. The molecule has 1 aromatic carbocycles. The summed E-state index contributed by atoms with van der Waals surface area (Å²) < 4.78 is 18.8. The summed E-state index contributed by atoms with van der Waals surface area (Å²) in [6, 6.07) is 4.44. The molecule has 0 aliphatic carbocycles. The van der Waals surface area contributed by atoms with E-state index < -0.39 is 5.97 Å². The maximum atomic E-state index is 13.7. The first-order valence-electron chi connectivity index (χ1n) is 7.41. The Balaban J connectivity index is 2.18. The predicted octanol–water partition coefficient (Wildman–Crippen LogP) is 1.96. The number of carbonyl (C=O) groups excluding carboxylic acids is 1. The van der Waals surface area contributed by atoms with Crippen molar-refractivity contribution in [2.75, 3.05) is 37.7 Å². The molecule has 0 radical (unpaired) electrons. The van der Waals surface area contributed by atoms with Gasteiger partial charge in [0.15, 0.2) is 0 Å². The molecule has 0 amide bonds. The lowest BCUT2D eigenvalue weighted by molar-refractivity contribution is 0.0526. The van der Waals surface area contributed by atoms with Crippen molar-refractivity contribution in [1.82, 2.24) is 10.3 Å². The number of ether oxygens (including phenoxy) is 1. The minimum atomic E-state index is -0.422. The number of hydrogen-bond acceptors (Lipinski definition) is 5. The van der Waals surface area contributed by atoms with Gasteiger partial charge in [-0.15, -0.1) is 0 Å². The molecule has 1 aliphatic rings. The molecular formula is C16H18FN3O2. The van der Waals surface area contributed by atoms with E-state index in [0.29, 0.717) is 28.8 Å². The number of halogens is 1. The summed E-state index contributed by atoms with van der Waals surface area (Å²) in [5.41, 5.74) is 1.77. The fourth-order valence-electron chi connectivity index (χ4n) is 2.74. The number of benzene rings is 1. The number of fused-ring (bicyclic) bond motifs is 1. The van der Waals surface area contributed by atoms with Gasteiger partial charge >= 0.3 is 5.97 Å². The molecule has 116 valence electrons. The van der Waals surface area contributed by atoms with Crippen molar-refractivity contribution in [3.63, 3.8) is 0 Å². The van der Waals surface area contributed by atoms with Crippen molar-refractivity contribution in [2.24, 2.45) is 0 Å². The Morgan fingerprint density at radius 3 is 2.91 bits per heavy atom. The Hall–Kier alpha value is -2.21. The number of carbonyl (C=O) groups is 1. The van der Waals surface area contributed by atoms with Crippen LogP contribution in [0, 0.1) is 5.82 Å². The molecule has 3 rings (SSSR count). The fraction of sp³-hybridized carbons (Fsp3) is 0.375. The van der Waals surface area contributed by atoms with Crippen LogP contribution < -0.4 is 10.2 Å². The highest BCUT2D eigenvalue weighted by Crippen LogP contribution is 2.31. The van der Waals surface area contributed by atoms with Gasteiger partial charge in [-0.3, -0.25) is 4.98 Å². The lowest BCUT2D eigenvalue weighted by Gasteiger charge is -2.31. The van der Waals surface area contributed by atoms with Crippen LogP contribution in [0.25, 0.3) is 10.9 Å². The van der Waals surface area contributed by atoms with E-state index in [1.807, 2.05) is 0 Å². The zero-order valence-electron chi connectivity index (χ0n) is 12.4. The van der Waals surface area contributed by atoms with Crippen LogP contribution in [0.1, 0.15) is 17.3 Å². The van der Waals surface area contributed by atoms with Gasteiger partial charge < -0.3 is 15.0 Å². The third-order valence-electron chi connectivity index (χ3n) is 3.73. The van der Waals surface area contributed by atoms with Crippen molar-refractivity contribution in [2.45, 2.75) is 6.92 Å². The summed E-state index contributed by atoms with van der Waals surface area (Å²) >= 11 is 0. The molecule has 1 saturated heterocycles. The predicted molar refractivity (Wildman–Crippen MR) is 82.7 cm³/mol. The van der Waals surface area contributed by atoms with Gasteiger partial charge in [-0.1, -0.05) is 0 Å². The summed E-state index contributed by atoms with van der Waals surface area (Å²) in [6.07, 6.45) is 1.52. The first kappa shape index (κ1) is 14.7. The number of piperazine rings is 1. The van der Waals surface area contributed by atoms with Crippen LogP contribution in [-0.4, -0.2) is 43.7 Å². The molecule has 0 saturated carbocycles. The molecule has 2 aromatic rings. The zero-order chi connectivity index (χ0) is 15.5. The molecule has 1 N–H and O–H groups in total. The van der Waals surface area contributed by atoms with E-state index in [1.54, 1.807) is 13.0 Å². The summed E-state index contributed by atoms with van der Waals surface area (Å²) in [6.45, 7) is 5.20. The molecule has 1 aliphatic heterocycles. The Kier molecular flexibility index (Phi) is 4.20. The fourth-order valence-corrected chi connectivity index (χ4v) is 2.74. The molecule has 1 fully saturated rings. The minimum Gasteiger partial charge on any atom is -0.462 e. The van der Waals surface area contributed by atoms with Crippen LogP contribution in [0.15, 0.2) is 24.4 Å². The Labute approximate surface area is 128 Å². The molecule has 0 bridgehead atoms. The number of esters is 1. The van der Waals surface area contributed by atoms with Crippen molar-refractivity contribution in [3.8, 4) is 0 Å². The number of rotatable bonds is 3. The van der Waals surface area contributed by atoms with Gasteiger partial charge in [0.1, 0.15) is 11.4 Å². The normalized spacial score (nSPS) is 15.1. The van der Waals surface area contributed by atoms with Crippen molar-refractivity contribution in [3.05, 3.63) is 35.8 Å². The third kappa shape index (κ3) is 2.74. The average molecular weight is 303 g/mol. The molecule has 5 nitrogen and oxygen atoms in total. The van der Waals surface area contributed by atoms with Crippen LogP contribution in [0.3, 0.4) is 0 Å². The molecule has 0 spiro atoms. The highest BCUT2D eigenvalue weighted by molar-refractivity contribution is 6.05. The van der Waals surface area contributed by atoms with Crippen LogP contribution >= 0.6 is 0 Å². The van der Waals surface area contributed by atoms with Gasteiger partial charge in [-0.2, -0.15) is 0 Å². The first-order valence-corrected chi connectivity index (χ1v) is 7.41. The SMILES string of the molecule is CCOC(=O)c1cnc2ccc(F)cc2c1N1CCNCC1. The Bertz CT molecular complexity index is 699. The summed E-state index contributed by atoms with van der Waals surface area (Å²) in [5, 5.41) is 3.92. The Morgan fingerprint density at radius 1 is 1.41 bits per heavy atom. The third-order valence-corrected chi connectivity index (χ3v) is 3.73. The maximum Gasteiger partial charge on any atom is 0.341 e. The van der Waals surface area contributed by atoms with E-state index >= 15 is 0 Å². The summed E-state index contributed by atoms with van der Waals surface area (Å²) in [7, 11) is 0. The second-order valence-electron chi connectivity index (χ2n) is 5.14. The number of pyridine rings is 1. The number of hydrogen-bond donors (Lipinski definition) is 1. The van der Waals surface area contributed by atoms with Crippen LogP contribution in [-0.2, 0) is 4.74 Å². The second-order valence-corrected chi connectivity index (χ2v) is 5.14. The van der Waals surface area contributed by atoms with Crippen LogP contribution in [0.4, 0.5) is 10.1 Å². The van der Waals surface area contributed by atoms with E-state index in [-0.39, 0.29) is 5.82 Å². The quantitative estimate of drug-likeness (QED) is 0.879. The van der Waals surface area contributed by atoms with Gasteiger partial charge in [0.05, 0.1) is 17.8 Å². The second kappa shape index (κ2) is 6.27. The average Bonchev–Trinajstić information content (AvgIpc) is 2.54. The summed E-state index contributed by atoms with van der Waals surface area (Å²) in [4.78, 5) is 18.6. The topological polar surface area (TPSA) is 54.5 Å². The van der Waals surface area contributed by atoms with Gasteiger partial charge in [0, 0.05) is 37.8 Å². The molecule has 1 aromatic heterocycles. The number of nitrogens with zero attached hydrogens (tertiary/aromatic N) is 2. The monoisotopic (exact) mass is 303 g/mol. The standard InChI is InChI=1S/C16H18FN3O2/c1-2-22-16(21)13-10-19-14-4-3-11(17)9-12(14)15(13)20-7-5-18-6-8-20/h3-4,9-10,18H,2,5-8H2,1H3. The zero-order valence-corrected chi connectivity index (χ0v) is 12.4. The number of anilines is 1. The van der Waals surface area contributed by atoms with E-state index in [1.165, 1.54) is 18.3 Å². The molecule has 6 heteroatoms. The van der Waals surface area contributed by atoms with Gasteiger partial charge in [0.2, 0.25) is 0 Å². The van der Waals surface area contributed by atoms with Crippen LogP contribution in [0.5, 0.6) is 0 Å². The molecule has 0 atom stereocenters. The smallest absolute Gasteiger partial charge is 0.341 e. The molecule has 2 heterocycles.